The van der Waals surface area contributed by atoms with E-state index in [4.69, 9.17) is 11.6 Å². The molecule has 0 spiro atoms. The number of hydrogen-bond donors (Lipinski definition) is 2. The summed E-state index contributed by atoms with van der Waals surface area (Å²) in [4.78, 5) is 13.1. The first-order chi connectivity index (χ1) is 13.4. The lowest BCUT2D eigenvalue weighted by Gasteiger charge is -2.21. The van der Waals surface area contributed by atoms with Crippen LogP contribution >= 0.6 is 23.4 Å². The van der Waals surface area contributed by atoms with E-state index in [0.717, 1.165) is 45.8 Å². The van der Waals surface area contributed by atoms with Gasteiger partial charge in [0, 0.05) is 40.2 Å². The molecule has 0 radical (unpaired) electrons. The fourth-order valence-electron chi connectivity index (χ4n) is 3.24. The maximum absolute atomic E-state index is 13.1. The molecule has 0 aliphatic carbocycles. The SMILES string of the molecule is C=C(NC(C)CSC)c1c(CC)cccc1C(=O)Nc1ccc(CCl)cc1C. The van der Waals surface area contributed by atoms with Crippen molar-refractivity contribution in [2.75, 3.05) is 17.3 Å². The van der Waals surface area contributed by atoms with Crippen LogP contribution in [0.2, 0.25) is 0 Å². The summed E-state index contributed by atoms with van der Waals surface area (Å²) in [5, 5.41) is 6.50. The highest BCUT2D eigenvalue weighted by Crippen LogP contribution is 2.25. The Kier molecular flexibility index (Phi) is 8.46. The number of amides is 1. The normalized spacial score (nSPS) is 11.8. The minimum atomic E-state index is -0.132. The number of carbonyl (C=O) groups is 1. The molecule has 2 N–H and O–H groups in total. The minimum Gasteiger partial charge on any atom is -0.382 e. The molecule has 0 heterocycles. The minimum absolute atomic E-state index is 0.132. The van der Waals surface area contributed by atoms with Gasteiger partial charge in [-0.2, -0.15) is 11.8 Å². The van der Waals surface area contributed by atoms with Gasteiger partial charge in [-0.05, 0) is 55.3 Å². The summed E-state index contributed by atoms with van der Waals surface area (Å²) in [6.45, 7) is 10.4. The molecule has 3 nitrogen and oxygen atoms in total. The molecule has 1 amide bonds. The van der Waals surface area contributed by atoms with E-state index in [2.05, 4.69) is 43.4 Å². The summed E-state index contributed by atoms with van der Waals surface area (Å²) in [5.41, 5.74) is 6.24. The summed E-state index contributed by atoms with van der Waals surface area (Å²) in [6, 6.07) is 12.0. The molecular weight excluding hydrogens is 388 g/mol. The Morgan fingerprint density at radius 2 is 2.04 bits per heavy atom. The van der Waals surface area contributed by atoms with Gasteiger partial charge in [0.1, 0.15) is 0 Å². The van der Waals surface area contributed by atoms with Crippen molar-refractivity contribution in [3.8, 4) is 0 Å². The topological polar surface area (TPSA) is 41.1 Å². The van der Waals surface area contributed by atoms with Crippen molar-refractivity contribution >= 4 is 40.7 Å². The lowest BCUT2D eigenvalue weighted by Crippen LogP contribution is -2.28. The van der Waals surface area contributed by atoms with Crippen LogP contribution in [0.1, 0.15) is 46.5 Å². The molecule has 1 unspecified atom stereocenters. The van der Waals surface area contributed by atoms with Gasteiger partial charge in [0.25, 0.3) is 5.91 Å². The monoisotopic (exact) mass is 416 g/mol. The molecule has 2 aromatic rings. The van der Waals surface area contributed by atoms with E-state index in [1.807, 2.05) is 37.3 Å². The highest BCUT2D eigenvalue weighted by molar-refractivity contribution is 7.98. The van der Waals surface area contributed by atoms with Crippen LogP contribution in [0.4, 0.5) is 5.69 Å². The lowest BCUT2D eigenvalue weighted by molar-refractivity contribution is 0.102. The molecule has 0 aliphatic rings. The molecule has 0 saturated carbocycles. The van der Waals surface area contributed by atoms with E-state index in [0.29, 0.717) is 11.4 Å². The van der Waals surface area contributed by atoms with Crippen molar-refractivity contribution in [3.05, 3.63) is 70.8 Å². The van der Waals surface area contributed by atoms with E-state index < -0.39 is 0 Å². The second-order valence-electron chi connectivity index (χ2n) is 6.91. The van der Waals surface area contributed by atoms with Gasteiger partial charge in [0.15, 0.2) is 0 Å². The van der Waals surface area contributed by atoms with Gasteiger partial charge in [0.2, 0.25) is 0 Å². The first-order valence-corrected chi connectivity index (χ1v) is 11.4. The van der Waals surface area contributed by atoms with Crippen molar-refractivity contribution in [2.45, 2.75) is 39.1 Å². The van der Waals surface area contributed by atoms with Crippen LogP contribution in [0.3, 0.4) is 0 Å². The van der Waals surface area contributed by atoms with Gasteiger partial charge in [-0.25, -0.2) is 0 Å². The number of aryl methyl sites for hydroxylation is 2. The highest BCUT2D eigenvalue weighted by atomic mass is 35.5. The molecule has 0 fully saturated rings. The molecule has 150 valence electrons. The number of hydrogen-bond acceptors (Lipinski definition) is 3. The molecule has 28 heavy (non-hydrogen) atoms. The molecule has 2 rings (SSSR count). The Morgan fingerprint density at radius 3 is 2.64 bits per heavy atom. The average Bonchev–Trinajstić information content (AvgIpc) is 2.68. The van der Waals surface area contributed by atoms with Crippen LogP contribution in [-0.4, -0.2) is 24.0 Å². The number of halogens is 1. The summed E-state index contributed by atoms with van der Waals surface area (Å²) < 4.78 is 0. The van der Waals surface area contributed by atoms with E-state index in [1.165, 1.54) is 0 Å². The smallest absolute Gasteiger partial charge is 0.256 e. The number of alkyl halides is 1. The van der Waals surface area contributed by atoms with Crippen LogP contribution in [0.25, 0.3) is 5.70 Å². The van der Waals surface area contributed by atoms with E-state index >= 15 is 0 Å². The molecule has 0 aromatic heterocycles. The Morgan fingerprint density at radius 1 is 1.29 bits per heavy atom. The maximum atomic E-state index is 13.1. The Labute approximate surface area is 178 Å². The van der Waals surface area contributed by atoms with Crippen molar-refractivity contribution in [1.82, 2.24) is 5.32 Å². The molecule has 0 saturated heterocycles. The zero-order valence-electron chi connectivity index (χ0n) is 17.1. The van der Waals surface area contributed by atoms with Gasteiger partial charge in [-0.15, -0.1) is 11.6 Å². The van der Waals surface area contributed by atoms with Gasteiger partial charge in [-0.3, -0.25) is 4.79 Å². The molecule has 0 aliphatic heterocycles. The van der Waals surface area contributed by atoms with Crippen molar-refractivity contribution in [2.24, 2.45) is 0 Å². The predicted molar refractivity (Wildman–Crippen MR) is 125 cm³/mol. The Hall–Kier alpha value is -1.91. The summed E-state index contributed by atoms with van der Waals surface area (Å²) in [5.74, 6) is 1.30. The van der Waals surface area contributed by atoms with Crippen LogP contribution < -0.4 is 10.6 Å². The molecule has 1 atom stereocenters. The number of rotatable bonds is 9. The Bertz CT molecular complexity index is 850. The molecular formula is C23H29ClN2OS. The van der Waals surface area contributed by atoms with Crippen molar-refractivity contribution in [3.63, 3.8) is 0 Å². The third-order valence-corrected chi connectivity index (χ3v) is 5.75. The second-order valence-corrected chi connectivity index (χ2v) is 8.09. The van der Waals surface area contributed by atoms with Crippen molar-refractivity contribution in [1.29, 1.82) is 0 Å². The lowest BCUT2D eigenvalue weighted by atomic mass is 9.96. The van der Waals surface area contributed by atoms with E-state index in [-0.39, 0.29) is 11.9 Å². The third kappa shape index (κ3) is 5.55. The highest BCUT2D eigenvalue weighted by Gasteiger charge is 2.18. The molecule has 0 bridgehead atoms. The van der Waals surface area contributed by atoms with E-state index in [9.17, 15) is 4.79 Å². The molecule has 5 heteroatoms. The fraction of sp³-hybridized carbons (Fsp3) is 0.348. The van der Waals surface area contributed by atoms with Gasteiger partial charge < -0.3 is 10.6 Å². The molecule has 2 aromatic carbocycles. The van der Waals surface area contributed by atoms with Crippen LogP contribution in [0, 0.1) is 6.92 Å². The Balaban J connectivity index is 2.34. The van der Waals surface area contributed by atoms with Crippen LogP contribution in [-0.2, 0) is 12.3 Å². The number of carbonyl (C=O) groups excluding carboxylic acids is 1. The first-order valence-electron chi connectivity index (χ1n) is 9.44. The standard InChI is InChI=1S/C23H29ClN2OS/c1-6-19-8-7-9-20(22(19)17(4)25-16(3)14-28-5)23(27)26-21-11-10-18(13-24)12-15(21)2/h7-12,16,25H,4,6,13-14H2,1-3,5H3,(H,26,27). The third-order valence-electron chi connectivity index (χ3n) is 4.61. The van der Waals surface area contributed by atoms with Gasteiger partial charge >= 0.3 is 0 Å². The number of nitrogens with one attached hydrogen (secondary N) is 2. The van der Waals surface area contributed by atoms with E-state index in [1.54, 1.807) is 11.8 Å². The number of anilines is 1. The maximum Gasteiger partial charge on any atom is 0.256 e. The van der Waals surface area contributed by atoms with Crippen LogP contribution in [0.5, 0.6) is 0 Å². The van der Waals surface area contributed by atoms with Crippen molar-refractivity contribution < 1.29 is 4.79 Å². The zero-order valence-corrected chi connectivity index (χ0v) is 18.6. The first kappa shape index (κ1) is 22.4. The number of benzene rings is 2. The summed E-state index contributed by atoms with van der Waals surface area (Å²) >= 11 is 7.68. The average molecular weight is 417 g/mol. The number of thioether (sulfide) groups is 1. The van der Waals surface area contributed by atoms with Crippen LogP contribution in [0.15, 0.2) is 43.0 Å². The summed E-state index contributed by atoms with van der Waals surface area (Å²) in [7, 11) is 0. The predicted octanol–water partition coefficient (Wildman–Crippen LogP) is 5.86. The quantitative estimate of drug-likeness (QED) is 0.503. The summed E-state index contributed by atoms with van der Waals surface area (Å²) in [6.07, 6.45) is 2.91. The fourth-order valence-corrected chi connectivity index (χ4v) is 3.99. The van der Waals surface area contributed by atoms with Gasteiger partial charge in [-0.1, -0.05) is 37.8 Å². The zero-order chi connectivity index (χ0) is 20.7. The largest absolute Gasteiger partial charge is 0.382 e. The second kappa shape index (κ2) is 10.6. The van der Waals surface area contributed by atoms with Gasteiger partial charge in [0.05, 0.1) is 0 Å².